The van der Waals surface area contributed by atoms with Crippen molar-refractivity contribution in [3.8, 4) is 0 Å². The van der Waals surface area contributed by atoms with E-state index in [2.05, 4.69) is 74.2 Å². The number of halogens is 1. The van der Waals surface area contributed by atoms with Crippen LogP contribution in [0.2, 0.25) is 51.4 Å². The highest BCUT2D eigenvalue weighted by Gasteiger charge is 2.21. The molecule has 0 aliphatic heterocycles. The minimum atomic E-state index is -1.17. The zero-order valence-corrected chi connectivity index (χ0v) is 24.1. The molecule has 176 valence electrons. The standard InChI is InChI=1S/C22H40BrN3O3Si2/c1-17(2)13-18-20-19(25(21(18)23)15-28-9-11-30(3,4)5)14-24-26(22(20)27)16-29-10-12-31(6,7)8/h14,17H,9-13,15-16H2,1-8H3. The maximum atomic E-state index is 13.3. The van der Waals surface area contributed by atoms with Gasteiger partial charge in [0.15, 0.2) is 0 Å². The van der Waals surface area contributed by atoms with Crippen LogP contribution in [0.5, 0.6) is 0 Å². The van der Waals surface area contributed by atoms with Gasteiger partial charge in [-0.05, 0) is 45.9 Å². The van der Waals surface area contributed by atoms with Crippen molar-refractivity contribution in [2.24, 2.45) is 5.92 Å². The van der Waals surface area contributed by atoms with E-state index < -0.39 is 16.1 Å². The summed E-state index contributed by atoms with van der Waals surface area (Å²) in [6, 6.07) is 2.18. The van der Waals surface area contributed by atoms with Crippen molar-refractivity contribution in [3.05, 3.63) is 26.7 Å². The van der Waals surface area contributed by atoms with Gasteiger partial charge in [-0.3, -0.25) is 4.79 Å². The van der Waals surface area contributed by atoms with Crippen LogP contribution in [0, 0.1) is 5.92 Å². The summed E-state index contributed by atoms with van der Waals surface area (Å²) >= 11 is 3.75. The summed E-state index contributed by atoms with van der Waals surface area (Å²) in [5.74, 6) is 0.428. The predicted octanol–water partition coefficient (Wildman–Crippen LogP) is 5.78. The number of ether oxygens (including phenoxy) is 2. The topological polar surface area (TPSA) is 58.3 Å². The van der Waals surface area contributed by atoms with Gasteiger partial charge in [-0.25, -0.2) is 4.68 Å². The first-order chi connectivity index (χ1) is 14.3. The van der Waals surface area contributed by atoms with E-state index in [0.717, 1.165) is 46.2 Å². The maximum absolute atomic E-state index is 13.3. The SMILES string of the molecule is CC(C)Cc1c(Br)n(COCC[Si](C)(C)C)c2cnn(COCC[Si](C)(C)C)c(=O)c12. The minimum absolute atomic E-state index is 0.0947. The molecule has 0 aliphatic carbocycles. The van der Waals surface area contributed by atoms with Gasteiger partial charge in [-0.2, -0.15) is 5.10 Å². The van der Waals surface area contributed by atoms with Gasteiger partial charge in [0.2, 0.25) is 0 Å². The molecule has 2 aromatic heterocycles. The number of nitrogens with zero attached hydrogens (tertiary/aromatic N) is 3. The number of hydrogen-bond donors (Lipinski definition) is 0. The van der Waals surface area contributed by atoms with E-state index in [4.69, 9.17) is 9.47 Å². The van der Waals surface area contributed by atoms with Crippen LogP contribution in [0.25, 0.3) is 10.9 Å². The monoisotopic (exact) mass is 529 g/mol. The third-order valence-corrected chi connectivity index (χ3v) is 9.46. The van der Waals surface area contributed by atoms with Crippen LogP contribution in [-0.2, 0) is 29.4 Å². The summed E-state index contributed by atoms with van der Waals surface area (Å²) < 4.78 is 16.2. The van der Waals surface area contributed by atoms with Gasteiger partial charge >= 0.3 is 0 Å². The summed E-state index contributed by atoms with van der Waals surface area (Å²) in [6.07, 6.45) is 2.59. The molecule has 0 saturated heterocycles. The Morgan fingerprint density at radius 1 is 1.00 bits per heavy atom. The number of aromatic nitrogens is 3. The van der Waals surface area contributed by atoms with Crippen molar-refractivity contribution < 1.29 is 9.47 Å². The highest BCUT2D eigenvalue weighted by atomic mass is 79.9. The first kappa shape index (κ1) is 26.5. The van der Waals surface area contributed by atoms with Gasteiger partial charge in [-0.15, -0.1) is 0 Å². The van der Waals surface area contributed by atoms with E-state index >= 15 is 0 Å². The molecular weight excluding hydrogens is 490 g/mol. The molecular formula is C22H40BrN3O3Si2. The van der Waals surface area contributed by atoms with E-state index in [1.54, 1.807) is 6.20 Å². The van der Waals surface area contributed by atoms with Crippen molar-refractivity contribution in [2.75, 3.05) is 13.2 Å². The third kappa shape index (κ3) is 7.96. The van der Waals surface area contributed by atoms with E-state index in [9.17, 15) is 4.79 Å². The summed E-state index contributed by atoms with van der Waals surface area (Å²) in [6.45, 7) is 20.3. The van der Waals surface area contributed by atoms with Crippen molar-refractivity contribution >= 4 is 43.0 Å². The van der Waals surface area contributed by atoms with Crippen LogP contribution in [-0.4, -0.2) is 43.7 Å². The maximum Gasteiger partial charge on any atom is 0.278 e. The predicted molar refractivity (Wildman–Crippen MR) is 138 cm³/mol. The Labute approximate surface area is 197 Å². The molecule has 31 heavy (non-hydrogen) atoms. The quantitative estimate of drug-likeness (QED) is 0.258. The molecule has 6 nitrogen and oxygen atoms in total. The zero-order chi connectivity index (χ0) is 23.4. The Hall–Kier alpha value is -0.746. The molecule has 0 amide bonds. The largest absolute Gasteiger partial charge is 0.361 e. The average molecular weight is 531 g/mol. The normalized spacial score (nSPS) is 13.0. The van der Waals surface area contributed by atoms with Crippen molar-refractivity contribution in [2.45, 2.75) is 85.1 Å². The number of rotatable bonds is 12. The molecule has 2 aromatic rings. The van der Waals surface area contributed by atoms with Gasteiger partial charge < -0.3 is 14.0 Å². The third-order valence-electron chi connectivity index (χ3n) is 5.14. The van der Waals surface area contributed by atoms with Crippen LogP contribution in [0.4, 0.5) is 0 Å². The number of fused-ring (bicyclic) bond motifs is 1. The summed E-state index contributed by atoms with van der Waals surface area (Å²) in [7, 11) is -2.31. The summed E-state index contributed by atoms with van der Waals surface area (Å²) in [5.41, 5.74) is 1.75. The fourth-order valence-corrected chi connectivity index (χ4v) is 5.38. The minimum Gasteiger partial charge on any atom is -0.361 e. The molecule has 0 spiro atoms. The van der Waals surface area contributed by atoms with Gasteiger partial charge in [0.1, 0.15) is 13.5 Å². The fraction of sp³-hybridized carbons (Fsp3) is 0.727. The lowest BCUT2D eigenvalue weighted by molar-refractivity contribution is 0.0752. The van der Waals surface area contributed by atoms with Crippen LogP contribution >= 0.6 is 15.9 Å². The van der Waals surface area contributed by atoms with Crippen LogP contribution in [0.3, 0.4) is 0 Å². The van der Waals surface area contributed by atoms with E-state index in [1.165, 1.54) is 4.68 Å². The lowest BCUT2D eigenvalue weighted by Gasteiger charge is -2.16. The molecule has 0 N–H and O–H groups in total. The Balaban J connectivity index is 2.29. The Bertz CT molecular complexity index is 927. The highest BCUT2D eigenvalue weighted by molar-refractivity contribution is 9.10. The Kier molecular flexibility index (Phi) is 9.33. The van der Waals surface area contributed by atoms with Crippen LogP contribution < -0.4 is 5.56 Å². The molecule has 2 rings (SSSR count). The molecule has 0 radical (unpaired) electrons. The Morgan fingerprint density at radius 3 is 2.06 bits per heavy atom. The van der Waals surface area contributed by atoms with E-state index in [-0.39, 0.29) is 12.3 Å². The molecule has 0 fully saturated rings. The van der Waals surface area contributed by atoms with Gasteiger partial charge in [0.25, 0.3) is 5.56 Å². The average Bonchev–Trinajstić information content (AvgIpc) is 2.87. The molecule has 0 atom stereocenters. The van der Waals surface area contributed by atoms with Gasteiger partial charge in [-0.1, -0.05) is 53.1 Å². The molecule has 0 unspecified atom stereocenters. The molecule has 0 aliphatic rings. The van der Waals surface area contributed by atoms with Crippen molar-refractivity contribution in [1.82, 2.24) is 14.3 Å². The second-order valence-electron chi connectivity index (χ2n) is 11.2. The fourth-order valence-electron chi connectivity index (χ4n) is 3.22. The van der Waals surface area contributed by atoms with Crippen molar-refractivity contribution in [3.63, 3.8) is 0 Å². The lowest BCUT2D eigenvalue weighted by atomic mass is 10.0. The molecule has 2 heterocycles. The van der Waals surface area contributed by atoms with Crippen molar-refractivity contribution in [1.29, 1.82) is 0 Å². The molecule has 9 heteroatoms. The second kappa shape index (κ2) is 10.9. The van der Waals surface area contributed by atoms with Crippen LogP contribution in [0.15, 0.2) is 15.6 Å². The highest BCUT2D eigenvalue weighted by Crippen LogP contribution is 2.30. The molecule has 0 bridgehead atoms. The Morgan fingerprint density at radius 2 is 1.55 bits per heavy atom. The van der Waals surface area contributed by atoms with E-state index in [1.807, 2.05) is 4.57 Å². The zero-order valence-electron chi connectivity index (χ0n) is 20.5. The first-order valence-corrected chi connectivity index (χ1v) is 19.4. The first-order valence-electron chi connectivity index (χ1n) is 11.2. The molecule has 0 saturated carbocycles. The summed E-state index contributed by atoms with van der Waals surface area (Å²) in [4.78, 5) is 13.3. The second-order valence-corrected chi connectivity index (χ2v) is 23.2. The van der Waals surface area contributed by atoms with Gasteiger partial charge in [0, 0.05) is 29.4 Å². The summed E-state index contributed by atoms with van der Waals surface area (Å²) in [5, 5.41) is 5.12. The lowest BCUT2D eigenvalue weighted by Crippen LogP contribution is -2.26. The number of hydrogen-bond acceptors (Lipinski definition) is 4. The molecule has 0 aromatic carbocycles. The van der Waals surface area contributed by atoms with E-state index in [0.29, 0.717) is 19.3 Å². The smallest absolute Gasteiger partial charge is 0.278 e. The van der Waals surface area contributed by atoms with Gasteiger partial charge in [0.05, 0.1) is 21.7 Å². The van der Waals surface area contributed by atoms with Crippen LogP contribution in [0.1, 0.15) is 19.4 Å².